The quantitative estimate of drug-likeness (QED) is 0.232. The molecule has 0 bridgehead atoms. The van der Waals surface area contributed by atoms with Crippen LogP contribution in [0, 0.1) is 15.9 Å². The van der Waals surface area contributed by atoms with Crippen molar-refractivity contribution in [3.05, 3.63) is 88.1 Å². The zero-order chi connectivity index (χ0) is 25.8. The number of ether oxygens (including phenoxy) is 3. The highest BCUT2D eigenvalue weighted by molar-refractivity contribution is 14.1. The fourth-order valence-electron chi connectivity index (χ4n) is 4.07. The van der Waals surface area contributed by atoms with Crippen LogP contribution in [-0.2, 0) is 9.53 Å². The van der Waals surface area contributed by atoms with Crippen molar-refractivity contribution in [2.75, 3.05) is 20.8 Å². The topological polar surface area (TPSA) is 79.1 Å². The number of hydrogen-bond donors (Lipinski definition) is 0. The highest BCUT2D eigenvalue weighted by Gasteiger charge is 2.33. The number of esters is 1. The Kier molecular flexibility index (Phi) is 7.96. The van der Waals surface area contributed by atoms with Gasteiger partial charge in [0.05, 0.1) is 36.1 Å². The van der Waals surface area contributed by atoms with Crippen LogP contribution in [0.1, 0.15) is 30.5 Å². The number of allylic oxidation sites excluding steroid dienone is 1. The summed E-state index contributed by atoms with van der Waals surface area (Å²) in [6.07, 6.45) is 7.66. The van der Waals surface area contributed by atoms with Gasteiger partial charge in [0.2, 0.25) is 0 Å². The lowest BCUT2D eigenvalue weighted by molar-refractivity contribution is -0.136. The van der Waals surface area contributed by atoms with Crippen LogP contribution in [0.15, 0.2) is 63.5 Å². The summed E-state index contributed by atoms with van der Waals surface area (Å²) in [5.74, 6) is 2.91. The van der Waals surface area contributed by atoms with Crippen molar-refractivity contribution >= 4 is 46.0 Å². The molecule has 1 aliphatic rings. The van der Waals surface area contributed by atoms with Gasteiger partial charge in [-0.05, 0) is 52.8 Å². The summed E-state index contributed by atoms with van der Waals surface area (Å²) >= 11 is 3.43. The number of benzene rings is 2. The first-order valence-electron chi connectivity index (χ1n) is 11.0. The lowest BCUT2D eigenvalue weighted by atomic mass is 9.95. The van der Waals surface area contributed by atoms with E-state index in [0.717, 1.165) is 9.13 Å². The van der Waals surface area contributed by atoms with E-state index in [-0.39, 0.29) is 12.2 Å². The Morgan fingerprint density at radius 3 is 2.67 bits per heavy atom. The molecule has 7 nitrogen and oxygen atoms in total. The second-order valence-corrected chi connectivity index (χ2v) is 9.97. The number of hydrogen-bond acceptors (Lipinski definition) is 7. The summed E-state index contributed by atoms with van der Waals surface area (Å²) < 4.78 is 19.3. The van der Waals surface area contributed by atoms with Crippen molar-refractivity contribution in [3.63, 3.8) is 0 Å². The first kappa shape index (κ1) is 25.7. The number of terminal acetylenes is 1. The van der Waals surface area contributed by atoms with Crippen LogP contribution in [0.25, 0.3) is 6.08 Å². The molecular formula is C27H23IN2O5S. The fraction of sp³-hybridized carbons (Fsp3) is 0.222. The highest BCUT2D eigenvalue weighted by atomic mass is 127. The largest absolute Gasteiger partial charge is 0.493 e. The minimum atomic E-state index is -0.658. The Morgan fingerprint density at radius 1 is 1.28 bits per heavy atom. The zero-order valence-corrected chi connectivity index (χ0v) is 22.9. The first-order valence-corrected chi connectivity index (χ1v) is 12.9. The SMILES string of the molecule is C#CCOc1c(/C=c2/sc3n(c2=O)[C@@H](c2ccccc2)C(C(=O)OC)=C(CC)N=3)cc(I)cc1OC. The third-order valence-corrected chi connectivity index (χ3v) is 7.23. The van der Waals surface area contributed by atoms with Gasteiger partial charge in [0.1, 0.15) is 6.61 Å². The van der Waals surface area contributed by atoms with Gasteiger partial charge in [-0.3, -0.25) is 9.36 Å². The maximum absolute atomic E-state index is 13.8. The molecule has 1 atom stereocenters. The van der Waals surface area contributed by atoms with Gasteiger partial charge in [-0.2, -0.15) is 0 Å². The van der Waals surface area contributed by atoms with E-state index in [1.54, 1.807) is 17.8 Å². The summed E-state index contributed by atoms with van der Waals surface area (Å²) in [5, 5.41) is 0. The van der Waals surface area contributed by atoms with Gasteiger partial charge in [0, 0.05) is 9.13 Å². The van der Waals surface area contributed by atoms with Crippen LogP contribution in [-0.4, -0.2) is 31.4 Å². The molecule has 1 aliphatic heterocycles. The number of aromatic nitrogens is 1. The van der Waals surface area contributed by atoms with Crippen LogP contribution >= 0.6 is 33.9 Å². The predicted molar refractivity (Wildman–Crippen MR) is 147 cm³/mol. The molecule has 3 aromatic rings. The van der Waals surface area contributed by atoms with Crippen molar-refractivity contribution in [1.29, 1.82) is 0 Å². The van der Waals surface area contributed by atoms with Gasteiger partial charge in [-0.1, -0.05) is 54.5 Å². The second kappa shape index (κ2) is 11.1. The predicted octanol–water partition coefficient (Wildman–Crippen LogP) is 3.42. The van der Waals surface area contributed by atoms with Crippen LogP contribution in [0.4, 0.5) is 0 Å². The maximum Gasteiger partial charge on any atom is 0.338 e. The molecule has 0 fully saturated rings. The van der Waals surface area contributed by atoms with E-state index < -0.39 is 12.0 Å². The Labute approximate surface area is 225 Å². The molecule has 0 saturated carbocycles. The summed E-state index contributed by atoms with van der Waals surface area (Å²) in [5.41, 5.74) is 2.13. The van der Waals surface area contributed by atoms with E-state index in [0.29, 0.717) is 44.1 Å². The number of methoxy groups -OCH3 is 2. The molecule has 9 heteroatoms. The molecule has 0 aliphatic carbocycles. The molecule has 0 amide bonds. The molecule has 2 heterocycles. The average Bonchev–Trinajstić information content (AvgIpc) is 3.21. The van der Waals surface area contributed by atoms with Crippen molar-refractivity contribution < 1.29 is 19.0 Å². The van der Waals surface area contributed by atoms with Crippen molar-refractivity contribution in [1.82, 2.24) is 4.57 Å². The number of halogens is 1. The van der Waals surface area contributed by atoms with E-state index >= 15 is 0 Å². The second-order valence-electron chi connectivity index (χ2n) is 7.72. The van der Waals surface area contributed by atoms with E-state index in [1.807, 2.05) is 49.4 Å². The lowest BCUT2D eigenvalue weighted by Crippen LogP contribution is -2.40. The Bertz CT molecular complexity index is 1560. The van der Waals surface area contributed by atoms with E-state index in [9.17, 15) is 9.59 Å². The number of carbonyl (C=O) groups is 1. The Balaban J connectivity index is 2.00. The monoisotopic (exact) mass is 614 g/mol. The molecule has 2 aromatic carbocycles. The molecule has 4 rings (SSSR count). The number of rotatable bonds is 7. The summed E-state index contributed by atoms with van der Waals surface area (Å²) in [4.78, 5) is 31.9. The number of nitrogens with zero attached hydrogens (tertiary/aromatic N) is 2. The normalized spacial score (nSPS) is 15.1. The lowest BCUT2D eigenvalue weighted by Gasteiger charge is -2.25. The third-order valence-electron chi connectivity index (χ3n) is 5.62. The standard InChI is InChI=1S/C27H23IN2O5S/c1-5-12-35-24-17(13-18(28)15-20(24)33-3)14-21-25(31)30-23(16-10-8-7-9-11-16)22(26(32)34-4)19(6-2)29-27(30)36-21/h1,7-11,13-15,23H,6,12H2,2-4H3/b21-14+/t23-/m0/s1. The van der Waals surface area contributed by atoms with Crippen molar-refractivity contribution in [2.45, 2.75) is 19.4 Å². The zero-order valence-electron chi connectivity index (χ0n) is 19.9. The average molecular weight is 614 g/mol. The summed E-state index contributed by atoms with van der Waals surface area (Å²) in [6.45, 7) is 1.97. The molecule has 184 valence electrons. The van der Waals surface area contributed by atoms with Gasteiger partial charge in [0.15, 0.2) is 16.3 Å². The van der Waals surface area contributed by atoms with Crippen LogP contribution < -0.4 is 24.4 Å². The molecular weight excluding hydrogens is 591 g/mol. The van der Waals surface area contributed by atoms with E-state index in [2.05, 4.69) is 28.5 Å². The Morgan fingerprint density at radius 2 is 2.03 bits per heavy atom. The van der Waals surface area contributed by atoms with Crippen molar-refractivity contribution in [2.24, 2.45) is 4.99 Å². The van der Waals surface area contributed by atoms with E-state index in [4.69, 9.17) is 25.6 Å². The van der Waals surface area contributed by atoms with Gasteiger partial charge < -0.3 is 14.2 Å². The molecule has 0 radical (unpaired) electrons. The highest BCUT2D eigenvalue weighted by Crippen LogP contribution is 2.34. The van der Waals surface area contributed by atoms with Crippen LogP contribution in [0.5, 0.6) is 11.5 Å². The number of thiazole rings is 1. The molecule has 0 spiro atoms. The van der Waals surface area contributed by atoms with Crippen LogP contribution in [0.2, 0.25) is 0 Å². The van der Waals surface area contributed by atoms with Gasteiger partial charge >= 0.3 is 5.97 Å². The minimum absolute atomic E-state index is 0.0510. The van der Waals surface area contributed by atoms with Gasteiger partial charge in [-0.25, -0.2) is 9.79 Å². The molecule has 0 saturated heterocycles. The minimum Gasteiger partial charge on any atom is -0.493 e. The first-order chi connectivity index (χ1) is 17.4. The maximum atomic E-state index is 13.8. The molecule has 36 heavy (non-hydrogen) atoms. The molecule has 0 unspecified atom stereocenters. The number of fused-ring (bicyclic) bond motifs is 1. The number of carbonyl (C=O) groups excluding carboxylic acids is 1. The molecule has 1 aromatic heterocycles. The fourth-order valence-corrected chi connectivity index (χ4v) is 5.70. The van der Waals surface area contributed by atoms with E-state index in [1.165, 1.54) is 18.4 Å². The summed E-state index contributed by atoms with van der Waals surface area (Å²) in [6, 6.07) is 12.5. The van der Waals surface area contributed by atoms with Gasteiger partial charge in [-0.15, -0.1) is 6.42 Å². The summed E-state index contributed by atoms with van der Waals surface area (Å²) in [7, 11) is 2.88. The van der Waals surface area contributed by atoms with Crippen LogP contribution in [0.3, 0.4) is 0 Å². The van der Waals surface area contributed by atoms with Gasteiger partial charge in [0.25, 0.3) is 5.56 Å². The van der Waals surface area contributed by atoms with Crippen molar-refractivity contribution in [3.8, 4) is 23.8 Å². The Hall–Kier alpha value is -3.36. The smallest absolute Gasteiger partial charge is 0.338 e. The molecule has 0 N–H and O–H groups in total. The third kappa shape index (κ3) is 4.83.